The van der Waals surface area contributed by atoms with Crippen LogP contribution in [0.1, 0.15) is 33.6 Å². The zero-order valence-corrected chi connectivity index (χ0v) is 16.1. The van der Waals surface area contributed by atoms with Gasteiger partial charge in [-0.2, -0.15) is 0 Å². The molecule has 142 valence electrons. The van der Waals surface area contributed by atoms with E-state index in [0.29, 0.717) is 18.5 Å². The molecule has 0 radical (unpaired) electrons. The maximum absolute atomic E-state index is 13.0. The van der Waals surface area contributed by atoms with Gasteiger partial charge < -0.3 is 4.90 Å². The minimum Gasteiger partial charge on any atom is -0.328 e. The number of carbonyl (C=O) groups is 2. The van der Waals surface area contributed by atoms with E-state index >= 15 is 0 Å². The number of hydrogen-bond acceptors (Lipinski definition) is 4. The molecule has 7 heteroatoms. The summed E-state index contributed by atoms with van der Waals surface area (Å²) >= 11 is 0. The number of nitrogens with zero attached hydrogens (tertiary/aromatic N) is 2. The fourth-order valence-corrected chi connectivity index (χ4v) is 4.19. The van der Waals surface area contributed by atoms with Crippen molar-refractivity contribution in [3.8, 4) is 0 Å². The van der Waals surface area contributed by atoms with E-state index in [-0.39, 0.29) is 22.1 Å². The van der Waals surface area contributed by atoms with Crippen molar-refractivity contribution in [2.24, 2.45) is 0 Å². The van der Waals surface area contributed by atoms with E-state index in [1.54, 1.807) is 41.3 Å². The maximum Gasteiger partial charge on any atom is 0.254 e. The zero-order chi connectivity index (χ0) is 19.6. The highest BCUT2D eigenvalue weighted by molar-refractivity contribution is 7.89. The molecule has 1 fully saturated rings. The first-order valence-corrected chi connectivity index (χ1v) is 10.2. The van der Waals surface area contributed by atoms with Crippen LogP contribution in [0.25, 0.3) is 0 Å². The predicted octanol–water partition coefficient (Wildman–Crippen LogP) is 2.42. The molecule has 0 N–H and O–H groups in total. The molecule has 3 rings (SSSR count). The minimum absolute atomic E-state index is 0.0588. The average Bonchev–Trinajstić information content (AvgIpc) is 3.17. The van der Waals surface area contributed by atoms with E-state index in [4.69, 9.17) is 0 Å². The highest BCUT2D eigenvalue weighted by Gasteiger charge is 2.35. The molecule has 2 aromatic carbocycles. The van der Waals surface area contributed by atoms with Crippen molar-refractivity contribution in [1.29, 1.82) is 0 Å². The van der Waals surface area contributed by atoms with Crippen LogP contribution in [0.3, 0.4) is 0 Å². The monoisotopic (exact) mass is 386 g/mol. The first-order chi connectivity index (χ1) is 12.8. The topological polar surface area (TPSA) is 74.8 Å². The molecule has 0 spiro atoms. The fraction of sp³-hybridized carbons (Fsp3) is 0.300. The molecule has 1 amide bonds. The van der Waals surface area contributed by atoms with Crippen molar-refractivity contribution >= 4 is 21.7 Å². The average molecular weight is 386 g/mol. The van der Waals surface area contributed by atoms with Crippen LogP contribution in [0.2, 0.25) is 0 Å². The quantitative estimate of drug-likeness (QED) is 0.740. The number of Topliss-reactive ketones (excluding diaryl/α,β-unsaturated/α-hetero) is 1. The van der Waals surface area contributed by atoms with Crippen LogP contribution in [0.5, 0.6) is 0 Å². The molecule has 1 unspecified atom stereocenters. The lowest BCUT2D eigenvalue weighted by Crippen LogP contribution is -2.40. The summed E-state index contributed by atoms with van der Waals surface area (Å²) in [5.74, 6) is -0.406. The van der Waals surface area contributed by atoms with E-state index in [0.717, 1.165) is 10.7 Å². The van der Waals surface area contributed by atoms with Gasteiger partial charge >= 0.3 is 0 Å². The number of amides is 1. The van der Waals surface area contributed by atoms with Gasteiger partial charge in [-0.3, -0.25) is 9.59 Å². The zero-order valence-electron chi connectivity index (χ0n) is 15.3. The SMILES string of the molecule is CN(C)S(=O)(=O)c1cccc(C(=O)N2CCCC2C(=O)c2ccccc2)c1. The normalized spacial score (nSPS) is 17.3. The number of likely N-dealkylation sites (tertiary alicyclic amines) is 1. The van der Waals surface area contributed by atoms with Gasteiger partial charge in [-0.25, -0.2) is 12.7 Å². The van der Waals surface area contributed by atoms with Crippen molar-refractivity contribution < 1.29 is 18.0 Å². The van der Waals surface area contributed by atoms with Gasteiger partial charge in [0.2, 0.25) is 10.0 Å². The third kappa shape index (κ3) is 3.79. The van der Waals surface area contributed by atoms with Crippen LogP contribution in [0.4, 0.5) is 0 Å². The van der Waals surface area contributed by atoms with E-state index in [1.807, 2.05) is 6.07 Å². The molecule has 27 heavy (non-hydrogen) atoms. The summed E-state index contributed by atoms with van der Waals surface area (Å²) in [5, 5.41) is 0. The lowest BCUT2D eigenvalue weighted by molar-refractivity contribution is 0.0671. The first kappa shape index (κ1) is 19.3. The van der Waals surface area contributed by atoms with Gasteiger partial charge in [0.25, 0.3) is 5.91 Å². The number of ketones is 1. The standard InChI is InChI=1S/C20H22N2O4S/c1-21(2)27(25,26)17-11-6-10-16(14-17)20(24)22-13-7-12-18(22)19(23)15-8-4-3-5-9-15/h3-6,8-11,14,18H,7,12-13H2,1-2H3. The fourth-order valence-electron chi connectivity index (χ4n) is 3.24. The van der Waals surface area contributed by atoms with Crippen LogP contribution >= 0.6 is 0 Å². The van der Waals surface area contributed by atoms with E-state index in [2.05, 4.69) is 0 Å². The van der Waals surface area contributed by atoms with Crippen molar-refractivity contribution in [1.82, 2.24) is 9.21 Å². The van der Waals surface area contributed by atoms with Crippen molar-refractivity contribution in [3.05, 3.63) is 65.7 Å². The summed E-state index contributed by atoms with van der Waals surface area (Å²) in [6.45, 7) is 0.479. The molecular formula is C20H22N2O4S. The van der Waals surface area contributed by atoms with Gasteiger partial charge in [-0.05, 0) is 31.0 Å². The molecule has 1 heterocycles. The van der Waals surface area contributed by atoms with Crippen molar-refractivity contribution in [2.75, 3.05) is 20.6 Å². The van der Waals surface area contributed by atoms with Crippen LogP contribution in [-0.2, 0) is 10.0 Å². The Kier molecular flexibility index (Phi) is 5.43. The third-order valence-corrected chi connectivity index (χ3v) is 6.55. The van der Waals surface area contributed by atoms with Crippen LogP contribution in [0.15, 0.2) is 59.5 Å². The Hall–Kier alpha value is -2.51. The number of rotatable bonds is 5. The summed E-state index contributed by atoms with van der Waals surface area (Å²) in [4.78, 5) is 27.4. The van der Waals surface area contributed by atoms with Gasteiger partial charge in [-0.1, -0.05) is 36.4 Å². The highest BCUT2D eigenvalue weighted by atomic mass is 32.2. The van der Waals surface area contributed by atoms with Crippen molar-refractivity contribution in [2.45, 2.75) is 23.8 Å². The second-order valence-corrected chi connectivity index (χ2v) is 8.85. The highest BCUT2D eigenvalue weighted by Crippen LogP contribution is 2.24. The predicted molar refractivity (Wildman–Crippen MR) is 102 cm³/mol. The van der Waals surface area contributed by atoms with E-state index < -0.39 is 16.1 Å². The molecule has 0 aromatic heterocycles. The van der Waals surface area contributed by atoms with Gasteiger partial charge in [0.1, 0.15) is 0 Å². The minimum atomic E-state index is -3.63. The van der Waals surface area contributed by atoms with Gasteiger partial charge in [-0.15, -0.1) is 0 Å². The Morgan fingerprint density at radius 1 is 1.00 bits per heavy atom. The summed E-state index contributed by atoms with van der Waals surface area (Å²) < 4.78 is 25.8. The van der Waals surface area contributed by atoms with Crippen LogP contribution < -0.4 is 0 Å². The molecule has 6 nitrogen and oxygen atoms in total. The molecule has 1 aliphatic rings. The van der Waals surface area contributed by atoms with Crippen LogP contribution in [-0.4, -0.2) is 56.0 Å². The molecule has 1 atom stereocenters. The molecular weight excluding hydrogens is 364 g/mol. The largest absolute Gasteiger partial charge is 0.328 e. The summed E-state index contributed by atoms with van der Waals surface area (Å²) in [6.07, 6.45) is 1.35. The molecule has 2 aromatic rings. The Labute approximate surface area is 159 Å². The van der Waals surface area contributed by atoms with E-state index in [1.165, 1.54) is 26.2 Å². The number of sulfonamides is 1. The van der Waals surface area contributed by atoms with Gasteiger partial charge in [0.15, 0.2) is 5.78 Å². The number of carbonyl (C=O) groups excluding carboxylic acids is 2. The number of benzene rings is 2. The van der Waals surface area contributed by atoms with Gasteiger partial charge in [0, 0.05) is 31.8 Å². The van der Waals surface area contributed by atoms with Crippen molar-refractivity contribution in [3.63, 3.8) is 0 Å². The summed E-state index contributed by atoms with van der Waals surface area (Å²) in [6, 6.07) is 14.4. The molecule has 0 saturated carbocycles. The third-order valence-electron chi connectivity index (χ3n) is 4.73. The molecule has 1 saturated heterocycles. The van der Waals surface area contributed by atoms with E-state index in [9.17, 15) is 18.0 Å². The molecule has 0 bridgehead atoms. The Morgan fingerprint density at radius 2 is 1.67 bits per heavy atom. The Balaban J connectivity index is 1.88. The second-order valence-electron chi connectivity index (χ2n) is 6.70. The molecule has 1 aliphatic heterocycles. The summed E-state index contributed by atoms with van der Waals surface area (Å²) in [7, 11) is -0.747. The lowest BCUT2D eigenvalue weighted by Gasteiger charge is -2.24. The number of hydrogen-bond donors (Lipinski definition) is 0. The lowest BCUT2D eigenvalue weighted by atomic mass is 10.0. The van der Waals surface area contributed by atoms with Crippen LogP contribution in [0, 0.1) is 0 Å². The Bertz CT molecular complexity index is 955. The summed E-state index contributed by atoms with van der Waals surface area (Å²) in [5.41, 5.74) is 0.844. The first-order valence-electron chi connectivity index (χ1n) is 8.75. The molecule has 0 aliphatic carbocycles. The van der Waals surface area contributed by atoms with Gasteiger partial charge in [0.05, 0.1) is 10.9 Å². The smallest absolute Gasteiger partial charge is 0.254 e. The second kappa shape index (κ2) is 7.62. The maximum atomic E-state index is 13.0. The Morgan fingerprint density at radius 3 is 2.33 bits per heavy atom.